The Hall–Kier alpha value is -0.540. The van der Waals surface area contributed by atoms with Crippen molar-refractivity contribution in [1.29, 1.82) is 0 Å². The molecule has 0 unspecified atom stereocenters. The van der Waals surface area contributed by atoms with Gasteiger partial charge in [-0.25, -0.2) is 0 Å². The van der Waals surface area contributed by atoms with Crippen LogP contribution in [0.1, 0.15) is 39.5 Å². The summed E-state index contributed by atoms with van der Waals surface area (Å²) in [4.78, 5) is 12.5. The van der Waals surface area contributed by atoms with Gasteiger partial charge in [0.1, 0.15) is 0 Å². The first-order valence-electron chi connectivity index (χ1n) is 6.48. The molecule has 0 radical (unpaired) electrons. The van der Waals surface area contributed by atoms with Crippen LogP contribution in [0.4, 0.5) is 0 Å². The summed E-state index contributed by atoms with van der Waals surface area (Å²) in [6.07, 6.45) is 6.18. The maximum absolute atomic E-state index is 10.8. The zero-order chi connectivity index (χ0) is 12.2. The minimum absolute atomic E-state index is 0. The lowest BCUT2D eigenvalue weighted by atomic mass is 10.2. The van der Waals surface area contributed by atoms with Gasteiger partial charge in [-0.15, -0.1) is 0 Å². The standard InChI is InChI=1S/C13H26N2O.ClH/c1-4-13(16)14-11-9-7-8-10-12-15(5-2)6-3;/h4H,1,5-12H2,2-3H3,(H,14,16);1H. The molecule has 0 aromatic rings. The van der Waals surface area contributed by atoms with E-state index in [1.165, 1.54) is 45.0 Å². The molecule has 0 atom stereocenters. The first-order chi connectivity index (χ1) is 7.74. The van der Waals surface area contributed by atoms with Crippen LogP contribution in [0.15, 0.2) is 12.7 Å². The van der Waals surface area contributed by atoms with Crippen molar-refractivity contribution in [2.75, 3.05) is 26.2 Å². The third kappa shape index (κ3) is 11.7. The van der Waals surface area contributed by atoms with Crippen molar-refractivity contribution < 1.29 is 22.1 Å². The van der Waals surface area contributed by atoms with Crippen LogP contribution in [0, 0.1) is 0 Å². The molecule has 0 fully saturated rings. The Bertz CT molecular complexity index is 194. The molecule has 1 amide bonds. The van der Waals surface area contributed by atoms with E-state index in [4.69, 9.17) is 0 Å². The van der Waals surface area contributed by atoms with E-state index in [1.807, 2.05) is 0 Å². The monoisotopic (exact) mass is 262 g/mol. The lowest BCUT2D eigenvalue weighted by Crippen LogP contribution is -3.11. The SMILES string of the molecule is C=CC(=O)NCCCCCC[NH+](CC)CC.[Cl-]. The molecule has 3 nitrogen and oxygen atoms in total. The van der Waals surface area contributed by atoms with Gasteiger partial charge < -0.3 is 22.6 Å². The summed E-state index contributed by atoms with van der Waals surface area (Å²) in [5.74, 6) is -0.0624. The number of unbranched alkanes of at least 4 members (excludes halogenated alkanes) is 3. The molecule has 0 spiro atoms. The third-order valence-corrected chi connectivity index (χ3v) is 2.94. The second kappa shape index (κ2) is 13.5. The Balaban J connectivity index is 0. The predicted molar refractivity (Wildman–Crippen MR) is 68.6 cm³/mol. The summed E-state index contributed by atoms with van der Waals surface area (Å²) in [7, 11) is 0. The van der Waals surface area contributed by atoms with Gasteiger partial charge in [-0.2, -0.15) is 0 Å². The van der Waals surface area contributed by atoms with Crippen LogP contribution in [-0.4, -0.2) is 32.1 Å². The van der Waals surface area contributed by atoms with E-state index in [0.29, 0.717) is 0 Å². The van der Waals surface area contributed by atoms with Crippen molar-refractivity contribution in [1.82, 2.24) is 5.32 Å². The van der Waals surface area contributed by atoms with Crippen LogP contribution in [-0.2, 0) is 4.79 Å². The molecule has 0 bridgehead atoms. The molecule has 0 saturated heterocycles. The number of halogens is 1. The topological polar surface area (TPSA) is 33.5 Å². The van der Waals surface area contributed by atoms with Crippen LogP contribution in [0.25, 0.3) is 0 Å². The summed E-state index contributed by atoms with van der Waals surface area (Å²) in [6.45, 7) is 12.4. The number of nitrogens with one attached hydrogen (secondary N) is 2. The molecule has 0 rings (SSSR count). The van der Waals surface area contributed by atoms with Crippen molar-refractivity contribution in [2.24, 2.45) is 0 Å². The van der Waals surface area contributed by atoms with Gasteiger partial charge in [0, 0.05) is 6.54 Å². The minimum Gasteiger partial charge on any atom is -1.00 e. The lowest BCUT2D eigenvalue weighted by Gasteiger charge is -2.14. The summed E-state index contributed by atoms with van der Waals surface area (Å²) in [5.41, 5.74) is 0. The highest BCUT2D eigenvalue weighted by atomic mass is 35.5. The number of carbonyl (C=O) groups is 1. The predicted octanol–water partition coefficient (Wildman–Crippen LogP) is -2.22. The highest BCUT2D eigenvalue weighted by Crippen LogP contribution is 1.96. The van der Waals surface area contributed by atoms with Crippen LogP contribution >= 0.6 is 0 Å². The Morgan fingerprint density at radius 2 is 1.76 bits per heavy atom. The van der Waals surface area contributed by atoms with Crippen LogP contribution in [0.3, 0.4) is 0 Å². The maximum Gasteiger partial charge on any atom is 0.243 e. The molecule has 4 heteroatoms. The fraction of sp³-hybridized carbons (Fsp3) is 0.769. The molecule has 0 aliphatic carbocycles. The Morgan fingerprint density at radius 3 is 2.29 bits per heavy atom. The van der Waals surface area contributed by atoms with Crippen LogP contribution in [0.2, 0.25) is 0 Å². The van der Waals surface area contributed by atoms with Gasteiger partial charge in [0.05, 0.1) is 19.6 Å². The molecular weight excluding hydrogens is 236 g/mol. The minimum atomic E-state index is -0.0624. The summed E-state index contributed by atoms with van der Waals surface area (Å²) < 4.78 is 0. The second-order valence-electron chi connectivity index (χ2n) is 4.12. The van der Waals surface area contributed by atoms with Crippen molar-refractivity contribution in [2.45, 2.75) is 39.5 Å². The zero-order valence-corrected chi connectivity index (χ0v) is 12.0. The first-order valence-corrected chi connectivity index (χ1v) is 6.48. The lowest BCUT2D eigenvalue weighted by molar-refractivity contribution is -0.896. The number of hydrogen-bond donors (Lipinski definition) is 2. The normalized spacial score (nSPS) is 9.82. The van der Waals surface area contributed by atoms with Gasteiger partial charge >= 0.3 is 0 Å². The molecule has 17 heavy (non-hydrogen) atoms. The molecule has 102 valence electrons. The molecule has 0 aliphatic rings. The maximum atomic E-state index is 10.8. The quantitative estimate of drug-likeness (QED) is 0.339. The van der Waals surface area contributed by atoms with Crippen molar-refractivity contribution in [3.8, 4) is 0 Å². The van der Waals surface area contributed by atoms with E-state index in [9.17, 15) is 4.79 Å². The Labute approximate surface area is 112 Å². The number of carbonyl (C=O) groups excluding carboxylic acids is 1. The van der Waals surface area contributed by atoms with Crippen LogP contribution in [0.5, 0.6) is 0 Å². The fourth-order valence-electron chi connectivity index (χ4n) is 1.74. The van der Waals surface area contributed by atoms with E-state index in [0.717, 1.165) is 13.0 Å². The van der Waals surface area contributed by atoms with Crippen molar-refractivity contribution in [3.05, 3.63) is 12.7 Å². The van der Waals surface area contributed by atoms with Gasteiger partial charge in [-0.05, 0) is 39.2 Å². The zero-order valence-electron chi connectivity index (χ0n) is 11.2. The number of amides is 1. The summed E-state index contributed by atoms with van der Waals surface area (Å²) in [6, 6.07) is 0. The Kier molecular flexibility index (Phi) is 15.0. The number of rotatable bonds is 10. The molecule has 0 aromatic carbocycles. The Morgan fingerprint density at radius 1 is 1.18 bits per heavy atom. The van der Waals surface area contributed by atoms with Gasteiger partial charge in [0.2, 0.25) is 5.91 Å². The smallest absolute Gasteiger partial charge is 0.243 e. The molecular formula is C13H27ClN2O. The second-order valence-corrected chi connectivity index (χ2v) is 4.12. The summed E-state index contributed by atoms with van der Waals surface area (Å²) in [5, 5.41) is 2.79. The number of quaternary nitrogens is 1. The first kappa shape index (κ1) is 18.8. The van der Waals surface area contributed by atoms with Gasteiger partial charge in [-0.3, -0.25) is 4.79 Å². The average Bonchev–Trinajstić information content (AvgIpc) is 2.32. The van der Waals surface area contributed by atoms with E-state index >= 15 is 0 Å². The van der Waals surface area contributed by atoms with E-state index in [1.54, 1.807) is 4.90 Å². The summed E-state index contributed by atoms with van der Waals surface area (Å²) >= 11 is 0. The molecule has 0 heterocycles. The molecule has 0 aromatic heterocycles. The van der Waals surface area contributed by atoms with Gasteiger partial charge in [-0.1, -0.05) is 13.0 Å². The highest BCUT2D eigenvalue weighted by molar-refractivity contribution is 5.86. The fourth-order valence-corrected chi connectivity index (χ4v) is 1.74. The largest absolute Gasteiger partial charge is 1.00 e. The third-order valence-electron chi connectivity index (χ3n) is 2.94. The molecule has 2 N–H and O–H groups in total. The molecule has 0 aliphatic heterocycles. The van der Waals surface area contributed by atoms with Gasteiger partial charge in [0.25, 0.3) is 0 Å². The molecule has 0 saturated carbocycles. The number of hydrogen-bond acceptors (Lipinski definition) is 1. The average molecular weight is 263 g/mol. The van der Waals surface area contributed by atoms with Gasteiger partial charge in [0.15, 0.2) is 0 Å². The van der Waals surface area contributed by atoms with E-state index in [2.05, 4.69) is 25.7 Å². The van der Waals surface area contributed by atoms with Crippen LogP contribution < -0.4 is 22.6 Å². The van der Waals surface area contributed by atoms with E-state index < -0.39 is 0 Å². The van der Waals surface area contributed by atoms with Crippen molar-refractivity contribution >= 4 is 5.91 Å². The highest BCUT2D eigenvalue weighted by Gasteiger charge is 2.01. The van der Waals surface area contributed by atoms with Crippen molar-refractivity contribution in [3.63, 3.8) is 0 Å². The van der Waals surface area contributed by atoms with E-state index in [-0.39, 0.29) is 18.3 Å².